The molecule has 0 aliphatic carbocycles. The summed E-state index contributed by atoms with van der Waals surface area (Å²) in [6.07, 6.45) is -2.42. The topological polar surface area (TPSA) is 51.3 Å². The lowest BCUT2D eigenvalue weighted by molar-refractivity contribution is -0.274. The van der Waals surface area contributed by atoms with E-state index >= 15 is 0 Å². The lowest BCUT2D eigenvalue weighted by Crippen LogP contribution is -2.16. The van der Waals surface area contributed by atoms with Gasteiger partial charge in [0.15, 0.2) is 6.29 Å². The van der Waals surface area contributed by atoms with Crippen LogP contribution in [0.15, 0.2) is 42.6 Å². The number of aldehydes is 1. The van der Waals surface area contributed by atoms with Gasteiger partial charge in [0, 0.05) is 11.8 Å². The number of nitrogens with one attached hydrogen (secondary N) is 1. The van der Waals surface area contributed by atoms with Gasteiger partial charge >= 0.3 is 6.36 Å². The molecule has 0 radical (unpaired) electrons. The highest BCUT2D eigenvalue weighted by Crippen LogP contribution is 2.34. The van der Waals surface area contributed by atoms with Crippen molar-refractivity contribution in [2.45, 2.75) is 6.36 Å². The van der Waals surface area contributed by atoms with Gasteiger partial charge in [0.2, 0.25) is 0 Å². The Morgan fingerprint density at radius 1 is 1.08 bits per heavy atom. The van der Waals surface area contributed by atoms with E-state index in [9.17, 15) is 18.0 Å². The van der Waals surface area contributed by atoms with E-state index < -0.39 is 6.36 Å². The number of halogens is 3. The van der Waals surface area contributed by atoms with Gasteiger partial charge in [-0.3, -0.25) is 4.79 Å². The van der Waals surface area contributed by atoms with Crippen LogP contribution in [0.2, 0.25) is 0 Å². The number of alkyl halides is 3. The van der Waals surface area contributed by atoms with E-state index in [1.807, 2.05) is 0 Å². The standard InChI is InChI=1S/C17H12F3NO3/c1-23-15-7-11(6-14-16(15)12(9-22)8-21-14)10-2-4-13(5-3-10)24-17(18,19)20/h2-9,21H,1H3. The number of H-pyrrole nitrogens is 1. The number of fused-ring (bicyclic) bond motifs is 1. The van der Waals surface area contributed by atoms with Gasteiger partial charge in [0.25, 0.3) is 0 Å². The third kappa shape index (κ3) is 3.05. The molecule has 4 nitrogen and oxygen atoms in total. The third-order valence-corrected chi connectivity index (χ3v) is 3.54. The first-order valence-corrected chi connectivity index (χ1v) is 6.92. The van der Waals surface area contributed by atoms with E-state index in [2.05, 4.69) is 9.72 Å². The van der Waals surface area contributed by atoms with E-state index in [0.29, 0.717) is 27.8 Å². The Labute approximate surface area is 134 Å². The van der Waals surface area contributed by atoms with Crippen molar-refractivity contribution in [2.24, 2.45) is 0 Å². The molecule has 0 spiro atoms. The number of aromatic amines is 1. The van der Waals surface area contributed by atoms with Crippen molar-refractivity contribution in [3.8, 4) is 22.6 Å². The molecular weight excluding hydrogens is 323 g/mol. The largest absolute Gasteiger partial charge is 0.573 e. The molecule has 0 aliphatic heterocycles. The molecule has 0 saturated carbocycles. The number of ether oxygens (including phenoxy) is 2. The van der Waals surface area contributed by atoms with Gasteiger partial charge in [-0.25, -0.2) is 0 Å². The summed E-state index contributed by atoms with van der Waals surface area (Å²) in [6, 6.07) is 9.04. The molecule has 3 aromatic rings. The quantitative estimate of drug-likeness (QED) is 0.712. The first-order valence-electron chi connectivity index (χ1n) is 6.92. The van der Waals surface area contributed by atoms with Crippen LogP contribution < -0.4 is 9.47 Å². The molecule has 0 unspecified atom stereocenters. The molecule has 0 aliphatic rings. The summed E-state index contributed by atoms with van der Waals surface area (Å²) in [6.45, 7) is 0. The fraction of sp³-hybridized carbons (Fsp3) is 0.118. The van der Waals surface area contributed by atoms with Crippen molar-refractivity contribution in [1.29, 1.82) is 0 Å². The first kappa shape index (κ1) is 15.9. The Morgan fingerprint density at radius 2 is 1.79 bits per heavy atom. The molecule has 1 N–H and O–H groups in total. The highest BCUT2D eigenvalue weighted by molar-refractivity contribution is 6.02. The Kier molecular flexibility index (Phi) is 3.92. The minimum Gasteiger partial charge on any atom is -0.496 e. The molecular formula is C17H12F3NO3. The molecule has 0 saturated heterocycles. The lowest BCUT2D eigenvalue weighted by atomic mass is 10.0. The number of rotatable bonds is 4. The maximum atomic E-state index is 12.2. The van der Waals surface area contributed by atoms with Crippen LogP contribution >= 0.6 is 0 Å². The number of carbonyl (C=O) groups excluding carboxylic acids is 1. The molecule has 0 amide bonds. The van der Waals surface area contributed by atoms with Crippen LogP contribution in [0.3, 0.4) is 0 Å². The molecule has 0 bridgehead atoms. The molecule has 24 heavy (non-hydrogen) atoms. The monoisotopic (exact) mass is 335 g/mol. The normalized spacial score (nSPS) is 11.5. The highest BCUT2D eigenvalue weighted by atomic mass is 19.4. The lowest BCUT2D eigenvalue weighted by Gasteiger charge is -2.10. The predicted molar refractivity (Wildman–Crippen MR) is 82.4 cm³/mol. The van der Waals surface area contributed by atoms with Crippen LogP contribution in [0.1, 0.15) is 10.4 Å². The Balaban J connectivity index is 2.02. The van der Waals surface area contributed by atoms with E-state index in [1.165, 1.54) is 31.4 Å². The van der Waals surface area contributed by atoms with Gasteiger partial charge in [-0.2, -0.15) is 0 Å². The highest BCUT2D eigenvalue weighted by Gasteiger charge is 2.30. The molecule has 0 atom stereocenters. The van der Waals surface area contributed by atoms with Crippen LogP contribution in [-0.2, 0) is 0 Å². The van der Waals surface area contributed by atoms with Crippen LogP contribution in [0.5, 0.6) is 11.5 Å². The predicted octanol–water partition coefficient (Wildman–Crippen LogP) is 4.55. The molecule has 1 aromatic heterocycles. The zero-order valence-corrected chi connectivity index (χ0v) is 12.5. The maximum Gasteiger partial charge on any atom is 0.573 e. The number of aromatic nitrogens is 1. The fourth-order valence-corrected chi connectivity index (χ4v) is 2.52. The van der Waals surface area contributed by atoms with Crippen molar-refractivity contribution in [1.82, 2.24) is 4.98 Å². The van der Waals surface area contributed by atoms with Gasteiger partial charge in [-0.05, 0) is 35.4 Å². The second kappa shape index (κ2) is 5.92. The van der Waals surface area contributed by atoms with Crippen LogP contribution in [-0.4, -0.2) is 24.7 Å². The summed E-state index contributed by atoms with van der Waals surface area (Å²) in [5, 5.41) is 0.660. The van der Waals surface area contributed by atoms with Crippen LogP contribution in [0.25, 0.3) is 22.0 Å². The molecule has 3 rings (SSSR count). The maximum absolute atomic E-state index is 12.2. The van der Waals surface area contributed by atoms with Crippen molar-refractivity contribution in [2.75, 3.05) is 7.11 Å². The van der Waals surface area contributed by atoms with Gasteiger partial charge in [0.05, 0.1) is 18.0 Å². The number of hydrogen-bond donors (Lipinski definition) is 1. The summed E-state index contributed by atoms with van der Waals surface area (Å²) in [5.41, 5.74) is 2.59. The summed E-state index contributed by atoms with van der Waals surface area (Å²) in [4.78, 5) is 14.1. The Hall–Kier alpha value is -2.96. The van der Waals surface area contributed by atoms with Gasteiger partial charge in [-0.15, -0.1) is 13.2 Å². The minimum atomic E-state index is -4.72. The van der Waals surface area contributed by atoms with Crippen LogP contribution in [0.4, 0.5) is 13.2 Å². The summed E-state index contributed by atoms with van der Waals surface area (Å²) >= 11 is 0. The molecule has 2 aromatic carbocycles. The fourth-order valence-electron chi connectivity index (χ4n) is 2.52. The third-order valence-electron chi connectivity index (χ3n) is 3.54. The molecule has 1 heterocycles. The molecule has 0 fully saturated rings. The van der Waals surface area contributed by atoms with Gasteiger partial charge in [-0.1, -0.05) is 12.1 Å². The zero-order chi connectivity index (χ0) is 17.3. The zero-order valence-electron chi connectivity index (χ0n) is 12.5. The van der Waals surface area contributed by atoms with E-state index in [4.69, 9.17) is 4.74 Å². The minimum absolute atomic E-state index is 0.289. The van der Waals surface area contributed by atoms with E-state index in [0.717, 1.165) is 11.8 Å². The number of benzene rings is 2. The number of carbonyl (C=O) groups is 1. The van der Waals surface area contributed by atoms with E-state index in [-0.39, 0.29) is 5.75 Å². The molecule has 124 valence electrons. The first-order chi connectivity index (χ1) is 11.4. The summed E-state index contributed by atoms with van der Waals surface area (Å²) < 4.78 is 45.8. The number of hydrogen-bond acceptors (Lipinski definition) is 3. The Bertz CT molecular complexity index is 882. The van der Waals surface area contributed by atoms with Crippen LogP contribution in [0, 0.1) is 0 Å². The summed E-state index contributed by atoms with van der Waals surface area (Å²) in [7, 11) is 1.49. The van der Waals surface area contributed by atoms with E-state index in [1.54, 1.807) is 18.3 Å². The van der Waals surface area contributed by atoms with Crippen molar-refractivity contribution in [3.63, 3.8) is 0 Å². The van der Waals surface area contributed by atoms with Gasteiger partial charge < -0.3 is 14.5 Å². The van der Waals surface area contributed by atoms with Crippen molar-refractivity contribution >= 4 is 17.2 Å². The average Bonchev–Trinajstić information content (AvgIpc) is 2.96. The van der Waals surface area contributed by atoms with Crippen molar-refractivity contribution in [3.05, 3.63) is 48.2 Å². The second-order valence-corrected chi connectivity index (χ2v) is 5.04. The second-order valence-electron chi connectivity index (χ2n) is 5.04. The number of methoxy groups -OCH3 is 1. The SMILES string of the molecule is COc1cc(-c2ccc(OC(F)(F)F)cc2)cc2[nH]cc(C=O)c12. The average molecular weight is 335 g/mol. The Morgan fingerprint density at radius 3 is 2.38 bits per heavy atom. The van der Waals surface area contributed by atoms with Crippen molar-refractivity contribution < 1.29 is 27.4 Å². The smallest absolute Gasteiger partial charge is 0.496 e. The van der Waals surface area contributed by atoms with Gasteiger partial charge in [0.1, 0.15) is 11.5 Å². The summed E-state index contributed by atoms with van der Waals surface area (Å²) in [5.74, 6) is 0.212. The molecule has 7 heteroatoms.